The first-order valence-corrected chi connectivity index (χ1v) is 10.2. The van der Waals surface area contributed by atoms with Crippen LogP contribution in [0.5, 0.6) is 5.88 Å². The minimum absolute atomic E-state index is 0.176. The molecule has 0 saturated carbocycles. The van der Waals surface area contributed by atoms with E-state index in [2.05, 4.69) is 5.73 Å². The van der Waals surface area contributed by atoms with Crippen molar-refractivity contribution >= 4 is 76.3 Å². The Morgan fingerprint density at radius 1 is 1.38 bits per heavy atom. The fraction of sp³-hybridized carbons (Fsp3) is 0.188. The van der Waals surface area contributed by atoms with E-state index in [1.807, 2.05) is 24.0 Å². The lowest BCUT2D eigenvalue weighted by Gasteiger charge is -2.16. The predicted octanol–water partition coefficient (Wildman–Crippen LogP) is 5.46. The summed E-state index contributed by atoms with van der Waals surface area (Å²) in [7, 11) is 0. The Kier molecular flexibility index (Phi) is 5.72. The Bertz CT molecular complexity index is 1020. The van der Waals surface area contributed by atoms with Gasteiger partial charge in [0.25, 0.3) is 0 Å². The lowest BCUT2D eigenvalue weighted by atomic mass is 10.3. The third-order valence-electron chi connectivity index (χ3n) is 3.57. The number of aromatic hydroxyl groups is 1. The Hall–Kier alpha value is -1.41. The van der Waals surface area contributed by atoms with E-state index < -0.39 is 5.97 Å². The lowest BCUT2D eigenvalue weighted by Crippen LogP contribution is -2.15. The lowest BCUT2D eigenvalue weighted by molar-refractivity contribution is -0.137. The number of carboxylic acid groups (broad SMARTS) is 1. The molecule has 2 heterocycles. The number of rotatable bonds is 4. The van der Waals surface area contributed by atoms with Crippen molar-refractivity contribution in [3.63, 3.8) is 0 Å². The molecule has 0 spiro atoms. The molecule has 26 heavy (non-hydrogen) atoms. The van der Waals surface area contributed by atoms with Gasteiger partial charge in [0.15, 0.2) is 3.95 Å². The summed E-state index contributed by atoms with van der Waals surface area (Å²) >= 11 is 19.9. The van der Waals surface area contributed by atoms with Crippen molar-refractivity contribution in [1.29, 1.82) is 0 Å². The van der Waals surface area contributed by atoms with Gasteiger partial charge in [-0.05, 0) is 31.3 Å². The molecule has 136 valence electrons. The standard InChI is InChI=1S/C16H12Cl2N2O3S3/c1-2-19-10-5-8(17)9(18)6-12(10)25-13(19)4-3-11-15(23)20(7-14(21)22)16(24)26-11/h3,5-6,23H,2,7H2,1H3,(H,21,22). The van der Waals surface area contributed by atoms with E-state index in [4.69, 9.17) is 40.5 Å². The summed E-state index contributed by atoms with van der Waals surface area (Å²) in [5.41, 5.74) is 4.10. The average molecular weight is 447 g/mol. The number of fused-ring (bicyclic) bond motifs is 1. The molecule has 0 aliphatic carbocycles. The molecule has 1 aliphatic rings. The molecule has 0 fully saturated rings. The summed E-state index contributed by atoms with van der Waals surface area (Å²) < 4.78 is 1.46. The van der Waals surface area contributed by atoms with Crippen LogP contribution in [0.3, 0.4) is 0 Å². The van der Waals surface area contributed by atoms with Crippen molar-refractivity contribution in [3.05, 3.63) is 41.8 Å². The van der Waals surface area contributed by atoms with E-state index in [1.54, 1.807) is 6.08 Å². The maximum Gasteiger partial charge on any atom is 0.323 e. The number of aromatic nitrogens is 1. The molecule has 0 unspecified atom stereocenters. The van der Waals surface area contributed by atoms with Crippen LogP contribution in [0.1, 0.15) is 11.8 Å². The van der Waals surface area contributed by atoms with Gasteiger partial charge in [-0.1, -0.05) is 40.7 Å². The van der Waals surface area contributed by atoms with Gasteiger partial charge >= 0.3 is 5.97 Å². The molecule has 10 heteroatoms. The number of nitrogens with zero attached hydrogens (tertiary/aromatic N) is 2. The molecule has 1 aliphatic heterocycles. The molecule has 0 amide bonds. The fourth-order valence-corrected chi connectivity index (χ4v) is 5.10. The molecule has 0 radical (unpaired) electrons. The van der Waals surface area contributed by atoms with Gasteiger partial charge in [0, 0.05) is 17.5 Å². The van der Waals surface area contributed by atoms with Gasteiger partial charge in [-0.3, -0.25) is 9.36 Å². The number of thiazole rings is 1. The van der Waals surface area contributed by atoms with Crippen LogP contribution in [0.2, 0.25) is 10.0 Å². The highest BCUT2D eigenvalue weighted by Gasteiger charge is 2.25. The number of anilines is 1. The van der Waals surface area contributed by atoms with Crippen molar-refractivity contribution in [2.75, 3.05) is 11.4 Å². The average Bonchev–Trinajstić information content (AvgIpc) is 3.04. The molecule has 1 aromatic carbocycles. The molecule has 2 aromatic rings. The summed E-state index contributed by atoms with van der Waals surface area (Å²) in [5.74, 6) is -1.25. The van der Waals surface area contributed by atoms with E-state index in [1.165, 1.54) is 16.3 Å². The molecule has 2 N–H and O–H groups in total. The minimum atomic E-state index is -1.07. The van der Waals surface area contributed by atoms with Crippen LogP contribution in [-0.2, 0) is 11.3 Å². The Morgan fingerprint density at radius 2 is 2.08 bits per heavy atom. The first-order chi connectivity index (χ1) is 12.3. The predicted molar refractivity (Wildman–Crippen MR) is 109 cm³/mol. The Morgan fingerprint density at radius 3 is 2.73 bits per heavy atom. The van der Waals surface area contributed by atoms with Crippen molar-refractivity contribution < 1.29 is 15.0 Å². The van der Waals surface area contributed by atoms with Crippen LogP contribution in [0.15, 0.2) is 27.8 Å². The van der Waals surface area contributed by atoms with E-state index in [0.29, 0.717) is 21.5 Å². The number of carbonyl (C=O) groups is 1. The normalized spacial score (nSPS) is 12.9. The molecule has 5 nitrogen and oxygen atoms in total. The molecular weight excluding hydrogens is 435 g/mol. The quantitative estimate of drug-likeness (QED) is 0.479. The number of aliphatic carboxylic acids is 1. The number of hydrogen-bond donors (Lipinski definition) is 2. The Labute approximate surface area is 172 Å². The highest BCUT2D eigenvalue weighted by atomic mass is 35.5. The second-order valence-electron chi connectivity index (χ2n) is 5.21. The molecule has 3 rings (SSSR count). The smallest absolute Gasteiger partial charge is 0.323 e. The summed E-state index contributed by atoms with van der Waals surface area (Å²) in [6, 6.07) is 3.63. The molecular formula is C16H12Cl2N2O3S3. The van der Waals surface area contributed by atoms with Gasteiger partial charge in [-0.25, -0.2) is 0 Å². The zero-order chi connectivity index (χ0) is 19.0. The van der Waals surface area contributed by atoms with Crippen molar-refractivity contribution in [3.8, 4) is 5.88 Å². The highest BCUT2D eigenvalue weighted by molar-refractivity contribution is 8.03. The zero-order valence-corrected chi connectivity index (χ0v) is 17.3. The second kappa shape index (κ2) is 7.68. The topological polar surface area (TPSA) is 65.7 Å². The van der Waals surface area contributed by atoms with Crippen molar-refractivity contribution in [1.82, 2.24) is 4.57 Å². The van der Waals surface area contributed by atoms with Gasteiger partial charge in [0.1, 0.15) is 11.6 Å². The third-order valence-corrected chi connectivity index (χ3v) is 6.76. The van der Waals surface area contributed by atoms with Crippen LogP contribution in [0.4, 0.5) is 5.69 Å². The fourth-order valence-electron chi connectivity index (χ4n) is 2.41. The van der Waals surface area contributed by atoms with E-state index in [9.17, 15) is 9.90 Å². The number of halogens is 2. The number of carboxylic acids is 1. The molecule has 0 atom stereocenters. The first-order valence-electron chi connectivity index (χ1n) is 7.37. The number of benzene rings is 1. The summed E-state index contributed by atoms with van der Waals surface area (Å²) in [6.07, 6.45) is 1.61. The molecule has 1 aromatic heterocycles. The summed E-state index contributed by atoms with van der Waals surface area (Å²) in [5, 5.41) is 20.9. The first kappa shape index (κ1) is 19.4. The Balaban J connectivity index is 2.00. The van der Waals surface area contributed by atoms with Gasteiger partial charge in [0.2, 0.25) is 5.88 Å². The van der Waals surface area contributed by atoms with Crippen LogP contribution < -0.4 is 4.90 Å². The van der Waals surface area contributed by atoms with Crippen LogP contribution in [0.25, 0.3) is 6.08 Å². The summed E-state index contributed by atoms with van der Waals surface area (Å²) in [4.78, 5) is 14.3. The van der Waals surface area contributed by atoms with E-state index >= 15 is 0 Å². The van der Waals surface area contributed by atoms with Crippen LogP contribution >= 0.6 is 58.5 Å². The number of hydrogen-bond acceptors (Lipinski definition) is 6. The molecule has 0 saturated heterocycles. The van der Waals surface area contributed by atoms with Gasteiger partial charge in [0.05, 0.1) is 20.6 Å². The number of thioether (sulfide) groups is 1. The zero-order valence-electron chi connectivity index (χ0n) is 13.3. The van der Waals surface area contributed by atoms with E-state index in [-0.39, 0.29) is 16.4 Å². The SMILES string of the molecule is CCN1C(=C=Cc2sc(=S)n(CC(=O)O)c2O)Sc2cc(Cl)c(Cl)cc21. The highest BCUT2D eigenvalue weighted by Crippen LogP contribution is 2.48. The monoisotopic (exact) mass is 446 g/mol. The van der Waals surface area contributed by atoms with Crippen molar-refractivity contribution in [2.24, 2.45) is 0 Å². The largest absolute Gasteiger partial charge is 0.493 e. The second-order valence-corrected chi connectivity index (χ2v) is 8.73. The van der Waals surface area contributed by atoms with Crippen molar-refractivity contribution in [2.45, 2.75) is 18.4 Å². The maximum absolute atomic E-state index is 10.9. The third kappa shape index (κ3) is 3.67. The van der Waals surface area contributed by atoms with Gasteiger partial charge < -0.3 is 15.1 Å². The van der Waals surface area contributed by atoms with E-state index in [0.717, 1.165) is 26.9 Å². The minimum Gasteiger partial charge on any atom is -0.493 e. The maximum atomic E-state index is 10.9. The van der Waals surface area contributed by atoms with Crippen LogP contribution in [0, 0.1) is 3.95 Å². The van der Waals surface area contributed by atoms with Gasteiger partial charge in [-0.2, -0.15) is 0 Å². The summed E-state index contributed by atoms with van der Waals surface area (Å²) in [6.45, 7) is 2.32. The van der Waals surface area contributed by atoms with Crippen LogP contribution in [-0.4, -0.2) is 27.3 Å². The van der Waals surface area contributed by atoms with Gasteiger partial charge in [-0.15, -0.1) is 11.3 Å². The molecule has 0 bridgehead atoms.